The highest BCUT2D eigenvalue weighted by Gasteiger charge is 2.10. The summed E-state index contributed by atoms with van der Waals surface area (Å²) < 4.78 is 5.58. The van der Waals surface area contributed by atoms with Gasteiger partial charge in [0.25, 0.3) is 0 Å². The summed E-state index contributed by atoms with van der Waals surface area (Å²) in [5.41, 5.74) is 1.47. The van der Waals surface area contributed by atoms with Gasteiger partial charge in [0.2, 0.25) is 5.89 Å². The molecule has 0 spiro atoms. The molecule has 3 nitrogen and oxygen atoms in total. The Kier molecular flexibility index (Phi) is 3.97. The van der Waals surface area contributed by atoms with Crippen LogP contribution in [0.15, 0.2) is 35.3 Å². The summed E-state index contributed by atoms with van der Waals surface area (Å²) in [4.78, 5) is 4.29. The second-order valence-electron chi connectivity index (χ2n) is 4.21. The Bertz CT molecular complexity index is 711. The molecule has 3 heteroatoms. The number of nitrogens with zero attached hydrogens (tertiary/aromatic N) is 1. The highest BCUT2D eigenvalue weighted by Crippen LogP contribution is 2.19. The van der Waals surface area contributed by atoms with Crippen LogP contribution >= 0.6 is 0 Å². The Morgan fingerprint density at radius 2 is 2.16 bits per heavy atom. The van der Waals surface area contributed by atoms with E-state index in [0.29, 0.717) is 17.3 Å². The van der Waals surface area contributed by atoms with Crippen LogP contribution < -0.4 is 10.4 Å². The number of aromatic nitrogens is 1. The van der Waals surface area contributed by atoms with Crippen molar-refractivity contribution in [3.05, 3.63) is 52.7 Å². The molecule has 0 saturated carbocycles. The standard InChI is InChI=1S/C16H17NO2/c1-4-6-13-9-14(8-7-12(13)5-2)16-17-15(10-18)11(3)19-16/h4-9,18H,1,10H2,2-3H3/b12-5-,13-6-. The average Bonchev–Trinajstić information content (AvgIpc) is 2.80. The average molecular weight is 255 g/mol. The van der Waals surface area contributed by atoms with E-state index in [0.717, 1.165) is 16.0 Å². The fourth-order valence-corrected chi connectivity index (χ4v) is 1.94. The zero-order valence-corrected chi connectivity index (χ0v) is 11.2. The summed E-state index contributed by atoms with van der Waals surface area (Å²) >= 11 is 0. The van der Waals surface area contributed by atoms with Crippen molar-refractivity contribution in [3.8, 4) is 11.5 Å². The number of oxazole rings is 1. The molecule has 1 aromatic carbocycles. The summed E-state index contributed by atoms with van der Waals surface area (Å²) in [7, 11) is 0. The highest BCUT2D eigenvalue weighted by molar-refractivity contribution is 5.56. The van der Waals surface area contributed by atoms with Crippen molar-refractivity contribution in [1.29, 1.82) is 0 Å². The smallest absolute Gasteiger partial charge is 0.226 e. The maximum absolute atomic E-state index is 9.15. The zero-order chi connectivity index (χ0) is 13.8. The summed E-state index contributed by atoms with van der Waals surface area (Å²) in [5.74, 6) is 1.18. The summed E-state index contributed by atoms with van der Waals surface area (Å²) in [6.07, 6.45) is 5.74. The van der Waals surface area contributed by atoms with E-state index < -0.39 is 0 Å². The van der Waals surface area contributed by atoms with Crippen molar-refractivity contribution in [2.24, 2.45) is 0 Å². The molecule has 19 heavy (non-hydrogen) atoms. The van der Waals surface area contributed by atoms with Crippen molar-refractivity contribution in [1.82, 2.24) is 4.98 Å². The topological polar surface area (TPSA) is 46.3 Å². The first-order chi connectivity index (χ1) is 9.19. The predicted octanol–water partition coefficient (Wildman–Crippen LogP) is 1.91. The molecule has 0 radical (unpaired) electrons. The number of hydrogen-bond donors (Lipinski definition) is 1. The van der Waals surface area contributed by atoms with E-state index >= 15 is 0 Å². The molecule has 0 fully saturated rings. The first-order valence-corrected chi connectivity index (χ1v) is 6.16. The molecule has 0 unspecified atom stereocenters. The van der Waals surface area contributed by atoms with Crippen LogP contribution in [0.5, 0.6) is 0 Å². The van der Waals surface area contributed by atoms with Gasteiger partial charge in [0, 0.05) is 5.56 Å². The van der Waals surface area contributed by atoms with Crippen LogP contribution in [0.3, 0.4) is 0 Å². The van der Waals surface area contributed by atoms with Crippen molar-refractivity contribution >= 4 is 12.2 Å². The van der Waals surface area contributed by atoms with Crippen molar-refractivity contribution in [2.45, 2.75) is 20.5 Å². The molecule has 2 rings (SSSR count). The molecular weight excluding hydrogens is 238 g/mol. The fraction of sp³-hybridized carbons (Fsp3) is 0.188. The third-order valence-corrected chi connectivity index (χ3v) is 2.98. The molecule has 0 atom stereocenters. The second kappa shape index (κ2) is 5.67. The van der Waals surface area contributed by atoms with Gasteiger partial charge in [-0.05, 0) is 36.4 Å². The van der Waals surface area contributed by atoms with Crippen LogP contribution in [0.4, 0.5) is 0 Å². The number of aliphatic hydroxyl groups is 1. The van der Waals surface area contributed by atoms with E-state index in [1.165, 1.54) is 0 Å². The van der Waals surface area contributed by atoms with E-state index in [1.807, 2.05) is 37.3 Å². The lowest BCUT2D eigenvalue weighted by Gasteiger charge is -1.96. The summed E-state index contributed by atoms with van der Waals surface area (Å²) in [6.45, 7) is 7.41. The Labute approximate surface area is 112 Å². The van der Waals surface area contributed by atoms with Crippen LogP contribution in [0, 0.1) is 6.92 Å². The molecule has 1 heterocycles. The van der Waals surface area contributed by atoms with E-state index in [4.69, 9.17) is 9.52 Å². The quantitative estimate of drug-likeness (QED) is 0.911. The normalized spacial score (nSPS) is 13.0. The third kappa shape index (κ3) is 2.66. The van der Waals surface area contributed by atoms with Crippen LogP contribution in [-0.4, -0.2) is 10.1 Å². The number of rotatable bonds is 3. The minimum Gasteiger partial charge on any atom is -0.441 e. The summed E-state index contributed by atoms with van der Waals surface area (Å²) in [5, 5.41) is 11.4. The number of aryl methyl sites for hydroxylation is 1. The zero-order valence-electron chi connectivity index (χ0n) is 11.2. The van der Waals surface area contributed by atoms with Crippen LogP contribution in [-0.2, 0) is 6.61 Å². The number of aliphatic hydroxyl groups excluding tert-OH is 1. The lowest BCUT2D eigenvalue weighted by molar-refractivity contribution is 0.275. The molecule has 1 aromatic heterocycles. The Morgan fingerprint density at radius 3 is 2.74 bits per heavy atom. The van der Waals surface area contributed by atoms with Gasteiger partial charge < -0.3 is 9.52 Å². The van der Waals surface area contributed by atoms with Gasteiger partial charge in [0.15, 0.2) is 0 Å². The molecule has 2 aromatic rings. The van der Waals surface area contributed by atoms with Gasteiger partial charge in [-0.1, -0.05) is 30.9 Å². The first kappa shape index (κ1) is 13.3. The Morgan fingerprint density at radius 1 is 1.37 bits per heavy atom. The van der Waals surface area contributed by atoms with Crippen molar-refractivity contribution in [3.63, 3.8) is 0 Å². The van der Waals surface area contributed by atoms with Crippen LogP contribution in [0.2, 0.25) is 0 Å². The van der Waals surface area contributed by atoms with Gasteiger partial charge in [-0.3, -0.25) is 0 Å². The number of benzene rings is 1. The van der Waals surface area contributed by atoms with Gasteiger partial charge in [-0.25, -0.2) is 4.98 Å². The molecule has 0 aliphatic rings. The van der Waals surface area contributed by atoms with Gasteiger partial charge >= 0.3 is 0 Å². The molecule has 0 amide bonds. The first-order valence-electron chi connectivity index (χ1n) is 6.16. The Hall–Kier alpha value is -2.13. The van der Waals surface area contributed by atoms with Crippen molar-refractivity contribution in [2.75, 3.05) is 0 Å². The molecule has 0 aliphatic carbocycles. The van der Waals surface area contributed by atoms with Gasteiger partial charge in [-0.2, -0.15) is 0 Å². The molecule has 1 N–H and O–H groups in total. The summed E-state index contributed by atoms with van der Waals surface area (Å²) in [6, 6.07) is 5.98. The minimum atomic E-state index is -0.109. The molecule has 98 valence electrons. The van der Waals surface area contributed by atoms with Crippen LogP contribution in [0.1, 0.15) is 18.4 Å². The van der Waals surface area contributed by atoms with Crippen LogP contribution in [0.25, 0.3) is 23.6 Å². The second-order valence-corrected chi connectivity index (χ2v) is 4.21. The Balaban J connectivity index is 2.60. The third-order valence-electron chi connectivity index (χ3n) is 2.98. The highest BCUT2D eigenvalue weighted by atomic mass is 16.4. The van der Waals surface area contributed by atoms with Crippen molar-refractivity contribution < 1.29 is 9.52 Å². The maximum Gasteiger partial charge on any atom is 0.226 e. The fourth-order valence-electron chi connectivity index (χ4n) is 1.94. The number of hydrogen-bond acceptors (Lipinski definition) is 3. The number of allylic oxidation sites excluding steroid dienone is 1. The van der Waals surface area contributed by atoms with Gasteiger partial charge in [0.1, 0.15) is 11.5 Å². The van der Waals surface area contributed by atoms with E-state index in [-0.39, 0.29) is 6.61 Å². The molecule has 0 saturated heterocycles. The lowest BCUT2D eigenvalue weighted by atomic mass is 10.1. The SMILES string of the molecule is C=C/C=c1/cc(-c2nc(CO)c(C)o2)cc/c1=C/C. The molecule has 0 aliphatic heterocycles. The van der Waals surface area contributed by atoms with Gasteiger partial charge in [-0.15, -0.1) is 0 Å². The minimum absolute atomic E-state index is 0.109. The van der Waals surface area contributed by atoms with E-state index in [9.17, 15) is 0 Å². The van der Waals surface area contributed by atoms with E-state index in [1.54, 1.807) is 13.0 Å². The maximum atomic E-state index is 9.15. The molecule has 0 bridgehead atoms. The predicted molar refractivity (Wildman–Crippen MR) is 76.6 cm³/mol. The molecular formula is C16H17NO2. The van der Waals surface area contributed by atoms with E-state index in [2.05, 4.69) is 11.6 Å². The van der Waals surface area contributed by atoms with Gasteiger partial charge in [0.05, 0.1) is 6.61 Å². The lowest BCUT2D eigenvalue weighted by Crippen LogP contribution is -2.23. The largest absolute Gasteiger partial charge is 0.441 e. The monoisotopic (exact) mass is 255 g/mol.